The topological polar surface area (TPSA) is 72.8 Å². The van der Waals surface area contributed by atoms with Crippen molar-refractivity contribution in [2.75, 3.05) is 13.1 Å². The Bertz CT molecular complexity index is 520. The molecule has 0 saturated carbocycles. The molecule has 2 aliphatic rings. The molecule has 1 saturated heterocycles. The van der Waals surface area contributed by atoms with Crippen molar-refractivity contribution in [3.05, 3.63) is 17.0 Å². The number of fused-ring (bicyclic) bond motifs is 1. The molecule has 1 aliphatic carbocycles. The minimum Gasteiger partial charge on any atom is -0.337 e. The van der Waals surface area contributed by atoms with Gasteiger partial charge in [-0.3, -0.25) is 9.89 Å². The number of likely N-dealkylation sites (tertiary alicyclic amines) is 1. The quantitative estimate of drug-likeness (QED) is 0.832. The van der Waals surface area contributed by atoms with Crippen LogP contribution < -0.4 is 0 Å². The second-order valence-corrected chi connectivity index (χ2v) is 5.43. The fraction of sp³-hybridized carbons (Fsp3) is 0.643. The zero-order valence-electron chi connectivity index (χ0n) is 11.0. The summed E-state index contributed by atoms with van der Waals surface area (Å²) in [4.78, 5) is 14.3. The number of nitrogens with one attached hydrogen (secondary N) is 1. The number of aromatic amines is 1. The van der Waals surface area contributed by atoms with Gasteiger partial charge in [0.25, 0.3) is 5.91 Å². The van der Waals surface area contributed by atoms with Crippen molar-refractivity contribution < 1.29 is 4.79 Å². The average Bonchev–Trinajstić information content (AvgIpc) is 2.90. The third-order valence-corrected chi connectivity index (χ3v) is 4.22. The Balaban J connectivity index is 1.74. The lowest BCUT2D eigenvalue weighted by Crippen LogP contribution is -2.38. The van der Waals surface area contributed by atoms with Crippen LogP contribution in [0.15, 0.2) is 0 Å². The van der Waals surface area contributed by atoms with Crippen molar-refractivity contribution in [3.63, 3.8) is 0 Å². The number of carbonyl (C=O) groups is 1. The molecule has 0 radical (unpaired) electrons. The number of amides is 1. The SMILES string of the molecule is N#CC1CCN(C(=O)c2n[nH]c3c2CCCC3)CC1. The van der Waals surface area contributed by atoms with E-state index in [0.717, 1.165) is 43.4 Å². The Kier molecular flexibility index (Phi) is 3.24. The summed E-state index contributed by atoms with van der Waals surface area (Å²) in [5.74, 6) is 0.146. The second kappa shape index (κ2) is 5.04. The number of hydrogen-bond donors (Lipinski definition) is 1. The number of H-pyrrole nitrogens is 1. The summed E-state index contributed by atoms with van der Waals surface area (Å²) < 4.78 is 0. The van der Waals surface area contributed by atoms with Gasteiger partial charge in [0, 0.05) is 30.3 Å². The Morgan fingerprint density at radius 2 is 2.05 bits per heavy atom. The lowest BCUT2D eigenvalue weighted by molar-refractivity contribution is 0.0700. The number of piperidine rings is 1. The van der Waals surface area contributed by atoms with Crippen LogP contribution in [0.3, 0.4) is 0 Å². The largest absolute Gasteiger partial charge is 0.337 e. The molecule has 5 heteroatoms. The van der Waals surface area contributed by atoms with E-state index >= 15 is 0 Å². The highest BCUT2D eigenvalue weighted by Gasteiger charge is 2.28. The molecule has 19 heavy (non-hydrogen) atoms. The number of rotatable bonds is 1. The van der Waals surface area contributed by atoms with Crippen LogP contribution in [-0.2, 0) is 12.8 Å². The van der Waals surface area contributed by atoms with Crippen LogP contribution in [0.4, 0.5) is 0 Å². The van der Waals surface area contributed by atoms with Crippen LogP contribution in [-0.4, -0.2) is 34.1 Å². The summed E-state index contributed by atoms with van der Waals surface area (Å²) in [6.45, 7) is 1.36. The van der Waals surface area contributed by atoms with Crippen LogP contribution in [0.2, 0.25) is 0 Å². The van der Waals surface area contributed by atoms with Crippen molar-refractivity contribution in [3.8, 4) is 6.07 Å². The minimum atomic E-state index is 0.0378. The fourth-order valence-electron chi connectivity index (χ4n) is 3.02. The fourth-order valence-corrected chi connectivity index (χ4v) is 3.02. The van der Waals surface area contributed by atoms with Gasteiger partial charge in [-0.05, 0) is 38.5 Å². The van der Waals surface area contributed by atoms with Crippen LogP contribution >= 0.6 is 0 Å². The molecule has 1 fully saturated rings. The predicted octanol–water partition coefficient (Wildman–Crippen LogP) is 1.66. The van der Waals surface area contributed by atoms with E-state index in [9.17, 15) is 4.79 Å². The standard InChI is InChI=1S/C14H18N4O/c15-9-10-5-7-18(8-6-10)14(19)13-11-3-1-2-4-12(11)16-17-13/h10H,1-8H2,(H,16,17). The van der Waals surface area contributed by atoms with E-state index in [2.05, 4.69) is 16.3 Å². The normalized spacial score (nSPS) is 19.8. The smallest absolute Gasteiger partial charge is 0.274 e. The van der Waals surface area contributed by atoms with E-state index in [0.29, 0.717) is 18.8 Å². The van der Waals surface area contributed by atoms with Gasteiger partial charge >= 0.3 is 0 Å². The average molecular weight is 258 g/mol. The summed E-state index contributed by atoms with van der Waals surface area (Å²) >= 11 is 0. The summed E-state index contributed by atoms with van der Waals surface area (Å²) in [6, 6.07) is 2.29. The van der Waals surface area contributed by atoms with E-state index in [1.165, 1.54) is 6.42 Å². The zero-order chi connectivity index (χ0) is 13.2. The van der Waals surface area contributed by atoms with E-state index in [1.807, 2.05) is 4.90 Å². The van der Waals surface area contributed by atoms with Gasteiger partial charge in [0.05, 0.1) is 6.07 Å². The van der Waals surface area contributed by atoms with E-state index in [-0.39, 0.29) is 11.8 Å². The lowest BCUT2D eigenvalue weighted by atomic mass is 9.94. The van der Waals surface area contributed by atoms with Crippen molar-refractivity contribution in [1.29, 1.82) is 5.26 Å². The molecule has 1 amide bonds. The number of aryl methyl sites for hydroxylation is 1. The number of carbonyl (C=O) groups excluding carboxylic acids is 1. The summed E-state index contributed by atoms with van der Waals surface area (Å²) in [6.07, 6.45) is 5.86. The van der Waals surface area contributed by atoms with Crippen LogP contribution in [0, 0.1) is 17.2 Å². The van der Waals surface area contributed by atoms with Gasteiger partial charge in [0.15, 0.2) is 5.69 Å². The molecule has 0 spiro atoms. The van der Waals surface area contributed by atoms with Crippen molar-refractivity contribution in [2.24, 2.45) is 5.92 Å². The maximum absolute atomic E-state index is 12.5. The number of nitriles is 1. The third-order valence-electron chi connectivity index (χ3n) is 4.22. The molecule has 0 unspecified atom stereocenters. The van der Waals surface area contributed by atoms with Crippen LogP contribution in [0.5, 0.6) is 0 Å². The van der Waals surface area contributed by atoms with Crippen LogP contribution in [0.25, 0.3) is 0 Å². The molecular weight excluding hydrogens is 240 g/mol. The van der Waals surface area contributed by atoms with Gasteiger partial charge in [-0.1, -0.05) is 0 Å². The Morgan fingerprint density at radius 1 is 1.32 bits per heavy atom. The number of nitrogens with zero attached hydrogens (tertiary/aromatic N) is 3. The summed E-state index contributed by atoms with van der Waals surface area (Å²) in [5.41, 5.74) is 2.88. The second-order valence-electron chi connectivity index (χ2n) is 5.43. The van der Waals surface area contributed by atoms with E-state index < -0.39 is 0 Å². The monoisotopic (exact) mass is 258 g/mol. The molecule has 2 heterocycles. The maximum atomic E-state index is 12.5. The van der Waals surface area contributed by atoms with Crippen molar-refractivity contribution >= 4 is 5.91 Å². The molecule has 1 N–H and O–H groups in total. The number of aromatic nitrogens is 2. The van der Waals surface area contributed by atoms with Gasteiger partial charge in [-0.2, -0.15) is 10.4 Å². The lowest BCUT2D eigenvalue weighted by Gasteiger charge is -2.29. The molecule has 100 valence electrons. The minimum absolute atomic E-state index is 0.0378. The first-order chi connectivity index (χ1) is 9.29. The Labute approximate surface area is 112 Å². The highest BCUT2D eigenvalue weighted by molar-refractivity contribution is 5.94. The van der Waals surface area contributed by atoms with Crippen LogP contribution in [0.1, 0.15) is 47.4 Å². The van der Waals surface area contributed by atoms with Gasteiger partial charge in [-0.15, -0.1) is 0 Å². The van der Waals surface area contributed by atoms with E-state index in [4.69, 9.17) is 5.26 Å². The van der Waals surface area contributed by atoms with Gasteiger partial charge in [-0.25, -0.2) is 0 Å². The van der Waals surface area contributed by atoms with Gasteiger partial charge in [0.2, 0.25) is 0 Å². The first kappa shape index (κ1) is 12.2. The molecule has 5 nitrogen and oxygen atoms in total. The van der Waals surface area contributed by atoms with Crippen molar-refractivity contribution in [2.45, 2.75) is 38.5 Å². The highest BCUT2D eigenvalue weighted by Crippen LogP contribution is 2.24. The molecule has 3 rings (SSSR count). The summed E-state index contributed by atoms with van der Waals surface area (Å²) in [7, 11) is 0. The molecule has 1 aromatic heterocycles. The Morgan fingerprint density at radius 3 is 2.79 bits per heavy atom. The van der Waals surface area contributed by atoms with Gasteiger partial charge < -0.3 is 4.90 Å². The first-order valence-corrected chi connectivity index (χ1v) is 7.04. The predicted molar refractivity (Wildman–Crippen MR) is 69.5 cm³/mol. The third kappa shape index (κ3) is 2.23. The molecule has 1 aliphatic heterocycles. The zero-order valence-corrected chi connectivity index (χ0v) is 11.0. The molecule has 0 bridgehead atoms. The Hall–Kier alpha value is -1.83. The molecular formula is C14H18N4O. The molecule has 1 aromatic rings. The molecule has 0 atom stereocenters. The van der Waals surface area contributed by atoms with E-state index in [1.54, 1.807) is 0 Å². The maximum Gasteiger partial charge on any atom is 0.274 e. The summed E-state index contributed by atoms with van der Waals surface area (Å²) in [5, 5.41) is 16.1. The van der Waals surface area contributed by atoms with Gasteiger partial charge in [0.1, 0.15) is 0 Å². The van der Waals surface area contributed by atoms with Crippen molar-refractivity contribution in [1.82, 2.24) is 15.1 Å². The first-order valence-electron chi connectivity index (χ1n) is 7.04. The number of hydrogen-bond acceptors (Lipinski definition) is 3. The highest BCUT2D eigenvalue weighted by atomic mass is 16.2. The molecule has 0 aromatic carbocycles.